The first-order valence-electron chi connectivity index (χ1n) is 6.51. The highest BCUT2D eigenvalue weighted by Crippen LogP contribution is 2.24. The van der Waals surface area contributed by atoms with Gasteiger partial charge in [-0.05, 0) is 43.7 Å². The summed E-state index contributed by atoms with van der Waals surface area (Å²) in [6, 6.07) is 10.00. The molecule has 0 aliphatic carbocycles. The van der Waals surface area contributed by atoms with Crippen LogP contribution in [0.5, 0.6) is 5.88 Å². The van der Waals surface area contributed by atoms with Gasteiger partial charge < -0.3 is 4.74 Å². The summed E-state index contributed by atoms with van der Waals surface area (Å²) in [6.45, 7) is 4.11. The number of thioether (sulfide) groups is 1. The SMILES string of the molecule is COc1ccc(SCC(C)=Nc2ccc(Br)cc2C)cn1. The van der Waals surface area contributed by atoms with Crippen LogP contribution < -0.4 is 4.74 Å². The van der Waals surface area contributed by atoms with E-state index in [9.17, 15) is 0 Å². The number of aromatic nitrogens is 1. The molecular formula is C16H17BrN2OS. The number of rotatable bonds is 5. The third kappa shape index (κ3) is 4.86. The molecule has 110 valence electrons. The standard InChI is InChI=1S/C16H17BrN2OS/c1-11-8-13(17)4-6-15(11)19-12(2)10-21-14-5-7-16(20-3)18-9-14/h4-9H,10H2,1-3H3. The van der Waals surface area contributed by atoms with Gasteiger partial charge >= 0.3 is 0 Å². The molecule has 0 spiro atoms. The van der Waals surface area contributed by atoms with Crippen LogP contribution in [0, 0.1) is 6.92 Å². The van der Waals surface area contributed by atoms with E-state index in [0.29, 0.717) is 5.88 Å². The molecule has 0 amide bonds. The average Bonchev–Trinajstić information content (AvgIpc) is 2.48. The quantitative estimate of drug-likeness (QED) is 0.550. The van der Waals surface area contributed by atoms with Crippen molar-refractivity contribution in [1.29, 1.82) is 0 Å². The van der Waals surface area contributed by atoms with Crippen LogP contribution in [-0.4, -0.2) is 23.6 Å². The second-order valence-corrected chi connectivity index (χ2v) is 6.57. The molecule has 1 aromatic carbocycles. The second-order valence-electron chi connectivity index (χ2n) is 4.60. The summed E-state index contributed by atoms with van der Waals surface area (Å²) in [4.78, 5) is 9.98. The van der Waals surface area contributed by atoms with Crippen molar-refractivity contribution >= 4 is 39.1 Å². The predicted octanol–water partition coefficient (Wildman–Crippen LogP) is 5.05. The van der Waals surface area contributed by atoms with Crippen molar-refractivity contribution in [2.24, 2.45) is 4.99 Å². The Hall–Kier alpha value is -1.33. The van der Waals surface area contributed by atoms with E-state index in [1.54, 1.807) is 18.9 Å². The molecule has 0 unspecified atom stereocenters. The number of hydrogen-bond donors (Lipinski definition) is 0. The van der Waals surface area contributed by atoms with Crippen molar-refractivity contribution in [2.75, 3.05) is 12.9 Å². The van der Waals surface area contributed by atoms with Gasteiger partial charge in [0.05, 0.1) is 12.8 Å². The zero-order valence-corrected chi connectivity index (χ0v) is 14.7. The first kappa shape index (κ1) is 16.0. The molecule has 2 rings (SSSR count). The first-order chi connectivity index (χ1) is 10.1. The van der Waals surface area contributed by atoms with Crippen LogP contribution in [0.4, 0.5) is 5.69 Å². The molecule has 0 saturated carbocycles. The van der Waals surface area contributed by atoms with Crippen LogP contribution >= 0.6 is 27.7 Å². The zero-order chi connectivity index (χ0) is 15.2. The van der Waals surface area contributed by atoms with Gasteiger partial charge in [-0.2, -0.15) is 0 Å². The fourth-order valence-corrected chi connectivity index (χ4v) is 2.95. The molecular weight excluding hydrogens is 348 g/mol. The lowest BCUT2D eigenvalue weighted by atomic mass is 10.2. The van der Waals surface area contributed by atoms with Gasteiger partial charge in [0.1, 0.15) is 0 Å². The van der Waals surface area contributed by atoms with Crippen LogP contribution in [0.15, 0.2) is 50.9 Å². The molecule has 0 atom stereocenters. The van der Waals surface area contributed by atoms with Crippen LogP contribution in [0.3, 0.4) is 0 Å². The Labute approximate surface area is 138 Å². The smallest absolute Gasteiger partial charge is 0.212 e. The Kier molecular flexibility index (Phi) is 5.82. The monoisotopic (exact) mass is 364 g/mol. The van der Waals surface area contributed by atoms with Gasteiger partial charge in [-0.15, -0.1) is 11.8 Å². The Morgan fingerprint density at radius 1 is 1.33 bits per heavy atom. The summed E-state index contributed by atoms with van der Waals surface area (Å²) >= 11 is 5.18. The molecule has 0 bridgehead atoms. The number of nitrogens with zero attached hydrogens (tertiary/aromatic N) is 2. The normalized spacial score (nSPS) is 11.5. The Morgan fingerprint density at radius 3 is 2.76 bits per heavy atom. The fraction of sp³-hybridized carbons (Fsp3) is 0.250. The van der Waals surface area contributed by atoms with Crippen LogP contribution in [0.25, 0.3) is 0 Å². The van der Waals surface area contributed by atoms with Crippen LogP contribution in [0.1, 0.15) is 12.5 Å². The molecule has 0 aliphatic heterocycles. The van der Waals surface area contributed by atoms with Crippen molar-refractivity contribution in [2.45, 2.75) is 18.7 Å². The number of aryl methyl sites for hydroxylation is 1. The van der Waals surface area contributed by atoms with Gasteiger partial charge in [-0.25, -0.2) is 4.98 Å². The minimum Gasteiger partial charge on any atom is -0.481 e. The van der Waals surface area contributed by atoms with Crippen molar-refractivity contribution in [1.82, 2.24) is 4.98 Å². The number of ether oxygens (including phenoxy) is 1. The third-order valence-corrected chi connectivity index (χ3v) is 4.47. The minimum absolute atomic E-state index is 0.634. The summed E-state index contributed by atoms with van der Waals surface area (Å²) in [5.74, 6) is 1.47. The maximum atomic E-state index is 5.05. The highest BCUT2D eigenvalue weighted by atomic mass is 79.9. The minimum atomic E-state index is 0.634. The highest BCUT2D eigenvalue weighted by Gasteiger charge is 2.01. The predicted molar refractivity (Wildman–Crippen MR) is 93.2 cm³/mol. The Balaban J connectivity index is 1.99. The van der Waals surface area contributed by atoms with Gasteiger partial charge in [0, 0.05) is 33.1 Å². The van der Waals surface area contributed by atoms with E-state index in [2.05, 4.69) is 38.9 Å². The molecule has 0 aliphatic rings. The summed E-state index contributed by atoms with van der Waals surface area (Å²) in [6.07, 6.45) is 1.82. The maximum absolute atomic E-state index is 5.05. The summed E-state index contributed by atoms with van der Waals surface area (Å²) < 4.78 is 6.13. The van der Waals surface area contributed by atoms with E-state index in [1.807, 2.05) is 37.4 Å². The van der Waals surface area contributed by atoms with Crippen LogP contribution in [0.2, 0.25) is 0 Å². The van der Waals surface area contributed by atoms with Gasteiger partial charge in [0.15, 0.2) is 0 Å². The topological polar surface area (TPSA) is 34.5 Å². The number of halogens is 1. The zero-order valence-electron chi connectivity index (χ0n) is 12.3. The van der Waals surface area contributed by atoms with E-state index in [-0.39, 0.29) is 0 Å². The summed E-state index contributed by atoms with van der Waals surface area (Å²) in [7, 11) is 1.62. The molecule has 0 N–H and O–H groups in total. The van der Waals surface area contributed by atoms with Gasteiger partial charge in [0.25, 0.3) is 0 Å². The van der Waals surface area contributed by atoms with E-state index in [1.165, 1.54) is 5.56 Å². The highest BCUT2D eigenvalue weighted by molar-refractivity contribution is 9.10. The molecule has 0 radical (unpaired) electrons. The van der Waals surface area contributed by atoms with Crippen molar-refractivity contribution in [3.05, 3.63) is 46.6 Å². The van der Waals surface area contributed by atoms with Crippen molar-refractivity contribution in [3.8, 4) is 5.88 Å². The van der Waals surface area contributed by atoms with Gasteiger partial charge in [0.2, 0.25) is 5.88 Å². The summed E-state index contributed by atoms with van der Waals surface area (Å²) in [5, 5.41) is 0. The van der Waals surface area contributed by atoms with Gasteiger partial charge in [-0.1, -0.05) is 15.9 Å². The molecule has 3 nitrogen and oxygen atoms in total. The van der Waals surface area contributed by atoms with E-state index >= 15 is 0 Å². The largest absolute Gasteiger partial charge is 0.481 e. The number of aliphatic imine (C=N–C) groups is 1. The van der Waals surface area contributed by atoms with E-state index in [4.69, 9.17) is 4.74 Å². The van der Waals surface area contributed by atoms with Crippen LogP contribution in [-0.2, 0) is 0 Å². The Morgan fingerprint density at radius 2 is 2.14 bits per heavy atom. The molecule has 0 fully saturated rings. The number of benzene rings is 1. The first-order valence-corrected chi connectivity index (χ1v) is 8.29. The number of hydrogen-bond acceptors (Lipinski definition) is 4. The van der Waals surface area contributed by atoms with Gasteiger partial charge in [-0.3, -0.25) is 4.99 Å². The lowest BCUT2D eigenvalue weighted by Crippen LogP contribution is -1.95. The van der Waals surface area contributed by atoms with Crippen molar-refractivity contribution < 1.29 is 4.74 Å². The molecule has 21 heavy (non-hydrogen) atoms. The molecule has 5 heteroatoms. The van der Waals surface area contributed by atoms with Crippen molar-refractivity contribution in [3.63, 3.8) is 0 Å². The third-order valence-electron chi connectivity index (χ3n) is 2.84. The maximum Gasteiger partial charge on any atom is 0.212 e. The molecule has 1 aromatic heterocycles. The van der Waals surface area contributed by atoms with E-state index in [0.717, 1.165) is 26.5 Å². The molecule has 1 heterocycles. The molecule has 0 saturated heterocycles. The van der Waals surface area contributed by atoms with E-state index < -0.39 is 0 Å². The summed E-state index contributed by atoms with van der Waals surface area (Å²) in [5.41, 5.74) is 3.27. The Bertz CT molecular complexity index is 641. The molecule has 2 aromatic rings. The lowest BCUT2D eigenvalue weighted by Gasteiger charge is -2.05. The second kappa shape index (κ2) is 7.61. The number of methoxy groups -OCH3 is 1. The fourth-order valence-electron chi connectivity index (χ4n) is 1.74. The lowest BCUT2D eigenvalue weighted by molar-refractivity contribution is 0.397. The average molecular weight is 365 g/mol. The number of pyridine rings is 1.